The van der Waals surface area contributed by atoms with Crippen LogP contribution in [-0.2, 0) is 0 Å². The molecular formula is C9H8FN3S. The second-order valence-electron chi connectivity index (χ2n) is 2.79. The topological polar surface area (TPSA) is 51.8 Å². The third-order valence-electron chi connectivity index (χ3n) is 1.91. The van der Waals surface area contributed by atoms with Gasteiger partial charge in [0.05, 0.1) is 23.4 Å². The summed E-state index contributed by atoms with van der Waals surface area (Å²) in [5.41, 5.74) is 8.62. The Hall–Kier alpha value is -1.33. The highest BCUT2D eigenvalue weighted by Crippen LogP contribution is 2.20. The van der Waals surface area contributed by atoms with Crippen molar-refractivity contribution < 1.29 is 4.39 Å². The second kappa shape index (κ2) is 3.81. The molecule has 2 rings (SSSR count). The maximum absolute atomic E-state index is 13.3. The molecule has 0 saturated carbocycles. The van der Waals surface area contributed by atoms with Crippen LogP contribution >= 0.6 is 11.3 Å². The third-order valence-corrected chi connectivity index (χ3v) is 2.51. The minimum absolute atomic E-state index is 0.395. The SMILES string of the molecule is NC(c1cscn1)c1ccncc1F. The van der Waals surface area contributed by atoms with Crippen molar-refractivity contribution in [1.29, 1.82) is 0 Å². The summed E-state index contributed by atoms with van der Waals surface area (Å²) in [5, 5.41) is 1.81. The molecule has 14 heavy (non-hydrogen) atoms. The van der Waals surface area contributed by atoms with Crippen LogP contribution in [0.1, 0.15) is 17.3 Å². The number of halogens is 1. The maximum Gasteiger partial charge on any atom is 0.146 e. The Bertz CT molecular complexity index is 416. The van der Waals surface area contributed by atoms with E-state index in [4.69, 9.17) is 5.73 Å². The summed E-state index contributed by atoms with van der Waals surface area (Å²) >= 11 is 1.44. The first-order valence-electron chi connectivity index (χ1n) is 4.02. The summed E-state index contributed by atoms with van der Waals surface area (Å²) in [6, 6.07) is 1.06. The van der Waals surface area contributed by atoms with Crippen molar-refractivity contribution in [1.82, 2.24) is 9.97 Å². The maximum atomic E-state index is 13.3. The van der Waals surface area contributed by atoms with Crippen LogP contribution in [0.3, 0.4) is 0 Å². The number of aromatic nitrogens is 2. The number of hydrogen-bond acceptors (Lipinski definition) is 4. The van der Waals surface area contributed by atoms with Crippen LogP contribution in [-0.4, -0.2) is 9.97 Å². The van der Waals surface area contributed by atoms with Gasteiger partial charge in [-0.3, -0.25) is 4.98 Å². The third kappa shape index (κ3) is 1.64. The van der Waals surface area contributed by atoms with Crippen molar-refractivity contribution >= 4 is 11.3 Å². The molecule has 2 heterocycles. The Balaban J connectivity index is 2.37. The van der Waals surface area contributed by atoms with E-state index in [0.29, 0.717) is 11.3 Å². The number of hydrogen-bond donors (Lipinski definition) is 1. The summed E-state index contributed by atoms with van der Waals surface area (Å²) in [6.07, 6.45) is 2.67. The minimum atomic E-state index is -0.510. The van der Waals surface area contributed by atoms with Gasteiger partial charge in [-0.05, 0) is 6.07 Å². The van der Waals surface area contributed by atoms with Gasteiger partial charge in [0.2, 0.25) is 0 Å². The van der Waals surface area contributed by atoms with Gasteiger partial charge in [0.25, 0.3) is 0 Å². The van der Waals surface area contributed by atoms with Gasteiger partial charge < -0.3 is 5.73 Å². The number of thiazole rings is 1. The highest BCUT2D eigenvalue weighted by atomic mass is 32.1. The summed E-state index contributed by atoms with van der Waals surface area (Å²) in [6.45, 7) is 0. The van der Waals surface area contributed by atoms with E-state index in [-0.39, 0.29) is 0 Å². The number of nitrogens with two attached hydrogens (primary N) is 1. The normalized spacial score (nSPS) is 12.7. The first-order chi connectivity index (χ1) is 6.79. The van der Waals surface area contributed by atoms with E-state index in [0.717, 1.165) is 6.20 Å². The molecule has 0 fully saturated rings. The minimum Gasteiger partial charge on any atom is -0.319 e. The van der Waals surface area contributed by atoms with Crippen LogP contribution < -0.4 is 5.73 Å². The predicted octanol–water partition coefficient (Wildman–Crippen LogP) is 1.73. The van der Waals surface area contributed by atoms with E-state index < -0.39 is 11.9 Å². The Morgan fingerprint density at radius 3 is 3.00 bits per heavy atom. The molecule has 2 aromatic rings. The lowest BCUT2D eigenvalue weighted by atomic mass is 10.1. The van der Waals surface area contributed by atoms with Crippen molar-refractivity contribution in [2.45, 2.75) is 6.04 Å². The molecule has 5 heteroatoms. The molecule has 0 aromatic carbocycles. The van der Waals surface area contributed by atoms with Gasteiger partial charge in [0, 0.05) is 17.1 Å². The van der Waals surface area contributed by atoms with Crippen LogP contribution in [0.5, 0.6) is 0 Å². The predicted molar refractivity (Wildman–Crippen MR) is 52.3 cm³/mol. The van der Waals surface area contributed by atoms with Gasteiger partial charge in [-0.25, -0.2) is 9.37 Å². The molecule has 1 unspecified atom stereocenters. The van der Waals surface area contributed by atoms with Gasteiger partial charge in [-0.15, -0.1) is 11.3 Å². The standard InChI is InChI=1S/C9H8FN3S/c10-7-3-12-2-1-6(7)9(11)8-4-14-5-13-8/h1-5,9H,11H2. The van der Waals surface area contributed by atoms with Gasteiger partial charge in [0.15, 0.2) is 0 Å². The van der Waals surface area contributed by atoms with Crippen LogP contribution in [0.25, 0.3) is 0 Å². The van der Waals surface area contributed by atoms with Gasteiger partial charge in [-0.2, -0.15) is 0 Å². The zero-order valence-corrected chi connectivity index (χ0v) is 8.04. The molecule has 2 N–H and O–H groups in total. The molecule has 3 nitrogen and oxygen atoms in total. The fraction of sp³-hybridized carbons (Fsp3) is 0.111. The van der Waals surface area contributed by atoms with Crippen molar-refractivity contribution in [3.8, 4) is 0 Å². The number of nitrogens with zero attached hydrogens (tertiary/aromatic N) is 2. The zero-order chi connectivity index (χ0) is 9.97. The molecule has 0 saturated heterocycles. The molecule has 0 aliphatic rings. The summed E-state index contributed by atoms with van der Waals surface area (Å²) < 4.78 is 13.3. The Morgan fingerprint density at radius 2 is 2.36 bits per heavy atom. The second-order valence-corrected chi connectivity index (χ2v) is 3.51. The van der Waals surface area contributed by atoms with E-state index >= 15 is 0 Å². The molecule has 0 aliphatic carbocycles. The van der Waals surface area contributed by atoms with Gasteiger partial charge in [0.1, 0.15) is 5.82 Å². The van der Waals surface area contributed by atoms with Gasteiger partial charge in [-0.1, -0.05) is 0 Å². The molecule has 0 spiro atoms. The number of pyridine rings is 1. The quantitative estimate of drug-likeness (QED) is 0.819. The lowest BCUT2D eigenvalue weighted by molar-refractivity contribution is 0.591. The Labute approximate surface area is 84.4 Å². The first-order valence-corrected chi connectivity index (χ1v) is 4.96. The lowest BCUT2D eigenvalue weighted by Crippen LogP contribution is -2.13. The zero-order valence-electron chi connectivity index (χ0n) is 7.22. The van der Waals surface area contributed by atoms with E-state index in [1.807, 2.05) is 5.38 Å². The lowest BCUT2D eigenvalue weighted by Gasteiger charge is -2.09. The molecular weight excluding hydrogens is 201 g/mol. The van der Waals surface area contributed by atoms with Crippen LogP contribution in [0.2, 0.25) is 0 Å². The van der Waals surface area contributed by atoms with Crippen LogP contribution in [0.4, 0.5) is 4.39 Å². The van der Waals surface area contributed by atoms with Crippen molar-refractivity contribution in [3.63, 3.8) is 0 Å². The van der Waals surface area contributed by atoms with E-state index in [1.165, 1.54) is 17.5 Å². The summed E-state index contributed by atoms with van der Waals surface area (Å²) in [5.74, 6) is -0.395. The van der Waals surface area contributed by atoms with E-state index in [9.17, 15) is 4.39 Å². The van der Waals surface area contributed by atoms with E-state index in [1.54, 1.807) is 11.6 Å². The number of rotatable bonds is 2. The highest BCUT2D eigenvalue weighted by Gasteiger charge is 2.14. The van der Waals surface area contributed by atoms with Crippen LogP contribution in [0, 0.1) is 5.82 Å². The molecule has 1 atom stereocenters. The molecule has 0 aliphatic heterocycles. The van der Waals surface area contributed by atoms with E-state index in [2.05, 4.69) is 9.97 Å². The Kier molecular flexibility index (Phi) is 2.51. The first kappa shape index (κ1) is 9.23. The molecule has 0 amide bonds. The van der Waals surface area contributed by atoms with Crippen LogP contribution in [0.15, 0.2) is 29.4 Å². The highest BCUT2D eigenvalue weighted by molar-refractivity contribution is 7.07. The molecule has 72 valence electrons. The summed E-state index contributed by atoms with van der Waals surface area (Å²) in [7, 11) is 0. The fourth-order valence-corrected chi connectivity index (χ4v) is 1.76. The molecule has 2 aromatic heterocycles. The largest absolute Gasteiger partial charge is 0.319 e. The van der Waals surface area contributed by atoms with Gasteiger partial charge >= 0.3 is 0 Å². The monoisotopic (exact) mass is 209 g/mol. The average molecular weight is 209 g/mol. The Morgan fingerprint density at radius 1 is 1.50 bits per heavy atom. The smallest absolute Gasteiger partial charge is 0.146 e. The average Bonchev–Trinajstić information content (AvgIpc) is 2.70. The van der Waals surface area contributed by atoms with Crippen molar-refractivity contribution in [2.24, 2.45) is 5.73 Å². The van der Waals surface area contributed by atoms with Crippen molar-refractivity contribution in [2.75, 3.05) is 0 Å². The van der Waals surface area contributed by atoms with Crippen molar-refractivity contribution in [3.05, 3.63) is 46.4 Å². The molecule has 0 bridgehead atoms. The fourth-order valence-electron chi connectivity index (χ4n) is 1.17. The summed E-state index contributed by atoms with van der Waals surface area (Å²) in [4.78, 5) is 7.70. The molecule has 0 radical (unpaired) electrons.